The van der Waals surface area contributed by atoms with E-state index in [0.29, 0.717) is 13.0 Å². The van der Waals surface area contributed by atoms with Gasteiger partial charge in [0.1, 0.15) is 30.5 Å². The van der Waals surface area contributed by atoms with Crippen molar-refractivity contribution in [3.63, 3.8) is 0 Å². The van der Waals surface area contributed by atoms with Crippen molar-refractivity contribution in [1.29, 1.82) is 0 Å². The Morgan fingerprint density at radius 1 is 0.500 bits per heavy atom. The highest BCUT2D eigenvalue weighted by Gasteiger charge is 2.48. The average molecular weight is 1080 g/mol. The molecule has 0 radical (unpaired) electrons. The molecule has 0 bridgehead atoms. The average Bonchev–Trinajstić information content (AvgIpc) is 3.40. The Labute approximate surface area is 459 Å². The zero-order valence-corrected chi connectivity index (χ0v) is 47.1. The van der Waals surface area contributed by atoms with Crippen molar-refractivity contribution in [2.24, 2.45) is 0 Å². The lowest BCUT2D eigenvalue weighted by Gasteiger charge is -2.41. The molecule has 1 rings (SSSR count). The molecule has 0 amide bonds. The van der Waals surface area contributed by atoms with Crippen LogP contribution in [0.1, 0.15) is 168 Å². The molecular formula is C63H98O12S. The highest BCUT2D eigenvalue weighted by atomic mass is 32.3. The normalized spacial score (nSPS) is 19.8. The first-order valence-electron chi connectivity index (χ1n) is 28.2. The molecule has 0 aromatic rings. The molecule has 0 aromatic heterocycles. The second kappa shape index (κ2) is 51.5. The molecule has 12 nitrogen and oxygen atoms in total. The Balaban J connectivity index is 2.40. The maximum absolute atomic E-state index is 13.0. The summed E-state index contributed by atoms with van der Waals surface area (Å²) in [5.41, 5.74) is 0. The number of rotatable bonds is 47. The van der Waals surface area contributed by atoms with Gasteiger partial charge in [0.05, 0.1) is 19.8 Å². The molecule has 1 aliphatic rings. The Morgan fingerprint density at radius 2 is 0.868 bits per heavy atom. The first kappa shape index (κ1) is 69.7. The topological polar surface area (TPSA) is 178 Å². The lowest BCUT2D eigenvalue weighted by Crippen LogP contribution is -2.60. The first-order chi connectivity index (χ1) is 37.1. The number of hydrogen-bond acceptors (Lipinski definition) is 11. The van der Waals surface area contributed by atoms with Gasteiger partial charge in [-0.15, -0.1) is 0 Å². The van der Waals surface area contributed by atoms with E-state index in [2.05, 4.69) is 176 Å². The monoisotopic (exact) mass is 1080 g/mol. The number of unbranched alkanes of at least 4 members (excludes halogenated alkanes) is 8. The van der Waals surface area contributed by atoms with Gasteiger partial charge < -0.3 is 34.3 Å². The third kappa shape index (κ3) is 43.8. The van der Waals surface area contributed by atoms with Crippen molar-refractivity contribution < 1.29 is 56.2 Å². The lowest BCUT2D eigenvalue weighted by molar-refractivity contribution is -0.301. The van der Waals surface area contributed by atoms with Crippen LogP contribution >= 0.6 is 0 Å². The van der Waals surface area contributed by atoms with Gasteiger partial charge in [0.2, 0.25) is 0 Å². The summed E-state index contributed by atoms with van der Waals surface area (Å²) in [4.78, 5) is 13.0. The summed E-state index contributed by atoms with van der Waals surface area (Å²) in [5, 5.41) is 30.8. The third-order valence-corrected chi connectivity index (χ3v) is 12.1. The standard InChI is InChI=1S/C63H98O12S/c1-3-5-7-9-11-13-15-17-19-21-23-25-27-29-30-32-34-36-38-40-42-44-46-48-50-52-59(65)73-57(56-72-63-61(67)62(75-76(68,69)70)60(66)58(54-64)74-63)55-71-53-51-49-47-45-43-41-39-37-35-33-31-28-26-24-22-20-18-16-14-12-10-8-6-4-2/h5-8,11-14,17-20,23-26,29-31,33-34,36-37,39,43,45,57-58,60-64,66-67H,3-4,9-10,15-16,21-22,27-28,32,35,38,40-42,44,46-56H2,1-2H3,(H,68,69,70)/b7-5-,8-6-,13-11-,14-12-,19-17-,20-18-,25-23-,26-24-,30-29-,33-31-,36-34-,39-37-,45-43-. The van der Waals surface area contributed by atoms with Crippen LogP contribution in [0.3, 0.4) is 0 Å². The fourth-order valence-electron chi connectivity index (χ4n) is 7.48. The van der Waals surface area contributed by atoms with Crippen molar-refractivity contribution in [2.75, 3.05) is 26.4 Å². The molecule has 1 heterocycles. The fraction of sp³-hybridized carbons (Fsp3) is 0.571. The Morgan fingerprint density at radius 3 is 1.26 bits per heavy atom. The Kier molecular flexibility index (Phi) is 47.2. The summed E-state index contributed by atoms with van der Waals surface area (Å²) in [6.45, 7) is 3.61. The second-order valence-corrected chi connectivity index (χ2v) is 19.5. The van der Waals surface area contributed by atoms with E-state index in [1.54, 1.807) is 0 Å². The highest BCUT2D eigenvalue weighted by molar-refractivity contribution is 7.80. The van der Waals surface area contributed by atoms with Crippen molar-refractivity contribution in [1.82, 2.24) is 0 Å². The van der Waals surface area contributed by atoms with Crippen LogP contribution in [-0.2, 0) is 38.3 Å². The molecule has 0 spiro atoms. The summed E-state index contributed by atoms with van der Waals surface area (Å²) < 4.78 is 59.3. The van der Waals surface area contributed by atoms with Gasteiger partial charge in [-0.2, -0.15) is 8.42 Å². The van der Waals surface area contributed by atoms with E-state index < -0.39 is 59.8 Å². The van der Waals surface area contributed by atoms with Crippen LogP contribution < -0.4 is 0 Å². The van der Waals surface area contributed by atoms with E-state index in [-0.39, 0.29) is 19.6 Å². The minimum Gasteiger partial charge on any atom is -0.457 e. The lowest BCUT2D eigenvalue weighted by atomic mass is 9.99. The SMILES string of the molecule is CC/C=C\C/C=C\C/C=C\C/C=C\C/C=C\C/C=C\C/C=C\CCCCOCC(COC1OC(CO)C(O)C(OS(=O)(=O)O)C1O)OC(=O)CCCCCCCC/C=C\C/C=C\C/C=C\C/C=C\C/C=C\C/C=C\CC. The third-order valence-electron chi connectivity index (χ3n) is 11.6. The largest absolute Gasteiger partial charge is 0.457 e. The van der Waals surface area contributed by atoms with Gasteiger partial charge in [-0.3, -0.25) is 9.35 Å². The fourth-order valence-corrected chi connectivity index (χ4v) is 7.99. The zero-order valence-electron chi connectivity index (χ0n) is 46.2. The zero-order chi connectivity index (χ0) is 55.3. The molecule has 428 valence electrons. The Bertz CT molecular complexity index is 1920. The summed E-state index contributed by atoms with van der Waals surface area (Å²) in [7, 11) is -5.09. The Hall–Kier alpha value is -4.28. The summed E-state index contributed by atoms with van der Waals surface area (Å²) >= 11 is 0. The molecule has 1 fully saturated rings. The summed E-state index contributed by atoms with van der Waals surface area (Å²) in [6.07, 6.45) is 69.9. The van der Waals surface area contributed by atoms with Gasteiger partial charge in [-0.1, -0.05) is 198 Å². The van der Waals surface area contributed by atoms with E-state index in [1.807, 2.05) is 0 Å². The molecule has 13 heteroatoms. The van der Waals surface area contributed by atoms with Crippen molar-refractivity contribution >= 4 is 16.4 Å². The van der Waals surface area contributed by atoms with Gasteiger partial charge in [-0.25, -0.2) is 4.18 Å². The number of carbonyl (C=O) groups is 1. The highest BCUT2D eigenvalue weighted by Crippen LogP contribution is 2.26. The van der Waals surface area contributed by atoms with Crippen LogP contribution in [0.5, 0.6) is 0 Å². The number of carbonyl (C=O) groups excluding carboxylic acids is 1. The maximum atomic E-state index is 13.0. The van der Waals surface area contributed by atoms with E-state index in [4.69, 9.17) is 18.9 Å². The predicted molar refractivity (Wildman–Crippen MR) is 312 cm³/mol. The molecule has 76 heavy (non-hydrogen) atoms. The molecule has 4 N–H and O–H groups in total. The van der Waals surface area contributed by atoms with Gasteiger partial charge in [0.25, 0.3) is 0 Å². The van der Waals surface area contributed by atoms with Crippen LogP contribution in [0.2, 0.25) is 0 Å². The molecule has 0 aromatic carbocycles. The van der Waals surface area contributed by atoms with E-state index in [0.717, 1.165) is 141 Å². The predicted octanol–water partition coefficient (Wildman–Crippen LogP) is 14.2. The van der Waals surface area contributed by atoms with Crippen LogP contribution in [0.15, 0.2) is 158 Å². The van der Waals surface area contributed by atoms with Crippen molar-refractivity contribution in [3.05, 3.63) is 158 Å². The van der Waals surface area contributed by atoms with Crippen LogP contribution in [-0.4, -0.2) is 97.5 Å². The molecule has 6 atom stereocenters. The number of esters is 1. The van der Waals surface area contributed by atoms with Gasteiger partial charge in [0, 0.05) is 13.0 Å². The molecule has 0 aliphatic carbocycles. The van der Waals surface area contributed by atoms with Gasteiger partial charge in [0.15, 0.2) is 6.29 Å². The minimum atomic E-state index is -5.09. The van der Waals surface area contributed by atoms with Crippen LogP contribution in [0, 0.1) is 0 Å². The summed E-state index contributed by atoms with van der Waals surface area (Å²) in [6, 6.07) is 0. The molecule has 6 unspecified atom stereocenters. The van der Waals surface area contributed by atoms with Gasteiger partial charge in [-0.05, 0) is 122 Å². The van der Waals surface area contributed by atoms with Crippen LogP contribution in [0.4, 0.5) is 0 Å². The number of hydrogen-bond donors (Lipinski definition) is 4. The minimum absolute atomic E-state index is 0.0131. The second-order valence-electron chi connectivity index (χ2n) is 18.4. The van der Waals surface area contributed by atoms with Crippen molar-refractivity contribution in [2.45, 2.75) is 205 Å². The van der Waals surface area contributed by atoms with E-state index >= 15 is 0 Å². The molecule has 1 saturated heterocycles. The van der Waals surface area contributed by atoms with E-state index in [1.165, 1.54) is 0 Å². The number of aliphatic hydroxyl groups is 3. The number of aliphatic hydroxyl groups excluding tert-OH is 3. The maximum Gasteiger partial charge on any atom is 0.397 e. The molecular weight excluding hydrogens is 981 g/mol. The van der Waals surface area contributed by atoms with Crippen molar-refractivity contribution in [3.8, 4) is 0 Å². The smallest absolute Gasteiger partial charge is 0.397 e. The van der Waals surface area contributed by atoms with E-state index in [9.17, 15) is 33.1 Å². The first-order valence-corrected chi connectivity index (χ1v) is 29.6. The quantitative estimate of drug-likeness (QED) is 0.0196. The summed E-state index contributed by atoms with van der Waals surface area (Å²) in [5.74, 6) is -0.437. The molecule has 1 aliphatic heterocycles. The molecule has 0 saturated carbocycles. The number of ether oxygens (including phenoxy) is 4. The van der Waals surface area contributed by atoms with Gasteiger partial charge >= 0.3 is 16.4 Å². The van der Waals surface area contributed by atoms with Crippen LogP contribution in [0.25, 0.3) is 0 Å². The number of allylic oxidation sites excluding steroid dienone is 26.